The van der Waals surface area contributed by atoms with Gasteiger partial charge in [0.15, 0.2) is 0 Å². The van der Waals surface area contributed by atoms with Crippen LogP contribution in [0.25, 0.3) is 27.8 Å². The Bertz CT molecular complexity index is 930. The molecule has 0 aliphatic heterocycles. The van der Waals surface area contributed by atoms with Gasteiger partial charge in [-0.1, -0.05) is 0 Å². The zero-order chi connectivity index (χ0) is 14.2. The lowest BCUT2D eigenvalue weighted by molar-refractivity contribution is 0.415. The van der Waals surface area contributed by atoms with Crippen LogP contribution in [-0.4, -0.2) is 31.9 Å². The molecule has 0 radical (unpaired) electrons. The molecule has 0 saturated heterocycles. The number of methoxy groups -OCH3 is 1. The highest BCUT2D eigenvalue weighted by atomic mass is 16.5. The maximum Gasteiger partial charge on any atom is 0.203 e. The normalized spacial score (nSPS) is 11.1. The molecular formula is C15H11N5O. The Labute approximate surface area is 120 Å². The first-order valence-electron chi connectivity index (χ1n) is 6.46. The van der Waals surface area contributed by atoms with Crippen LogP contribution in [0.5, 0.6) is 5.75 Å². The number of aromatic nitrogens is 5. The van der Waals surface area contributed by atoms with Gasteiger partial charge in [0.05, 0.1) is 7.11 Å². The Morgan fingerprint density at radius 2 is 1.95 bits per heavy atom. The van der Waals surface area contributed by atoms with E-state index < -0.39 is 0 Å². The monoisotopic (exact) mass is 277 g/mol. The summed E-state index contributed by atoms with van der Waals surface area (Å²) in [7, 11) is 1.65. The number of hydrogen-bond donors (Lipinski definition) is 0. The molecule has 0 N–H and O–H groups in total. The molecule has 102 valence electrons. The van der Waals surface area contributed by atoms with Gasteiger partial charge in [-0.25, -0.2) is 0 Å². The van der Waals surface area contributed by atoms with Crippen molar-refractivity contribution >= 4 is 16.6 Å². The summed E-state index contributed by atoms with van der Waals surface area (Å²) < 4.78 is 6.84. The first-order chi connectivity index (χ1) is 10.4. The van der Waals surface area contributed by atoms with E-state index in [4.69, 9.17) is 4.74 Å². The van der Waals surface area contributed by atoms with Crippen LogP contribution in [0.4, 0.5) is 0 Å². The summed E-state index contributed by atoms with van der Waals surface area (Å²) in [6, 6.07) is 11.7. The molecule has 4 rings (SSSR count). The average Bonchev–Trinajstić information content (AvgIpc) is 3.03. The third-order valence-corrected chi connectivity index (χ3v) is 3.38. The van der Waals surface area contributed by atoms with Crippen LogP contribution in [-0.2, 0) is 0 Å². The van der Waals surface area contributed by atoms with Crippen molar-refractivity contribution in [3.63, 3.8) is 0 Å². The van der Waals surface area contributed by atoms with Crippen molar-refractivity contribution < 1.29 is 4.74 Å². The van der Waals surface area contributed by atoms with Crippen LogP contribution in [0, 0.1) is 0 Å². The Hall–Kier alpha value is -3.02. The molecule has 0 saturated carbocycles. The highest BCUT2D eigenvalue weighted by Gasteiger charge is 2.12. The second-order valence-corrected chi connectivity index (χ2v) is 4.58. The fraction of sp³-hybridized carbons (Fsp3) is 0.0667. The standard InChI is InChI=1S/C15H11N5O/c1-21-11-6-4-10(5-7-11)13-12-3-2-8-16-14(12)15-18-17-9-20(15)19-13/h2-9H,1H3. The van der Waals surface area contributed by atoms with Crippen molar-refractivity contribution in [3.05, 3.63) is 48.9 Å². The molecule has 0 atom stereocenters. The maximum absolute atomic E-state index is 5.19. The SMILES string of the molecule is COc1ccc(-c2nn3cnnc3c3ncccc23)cc1. The van der Waals surface area contributed by atoms with Crippen molar-refractivity contribution in [2.24, 2.45) is 0 Å². The van der Waals surface area contributed by atoms with E-state index in [1.807, 2.05) is 36.4 Å². The summed E-state index contributed by atoms with van der Waals surface area (Å²) >= 11 is 0. The van der Waals surface area contributed by atoms with Gasteiger partial charge < -0.3 is 4.74 Å². The second-order valence-electron chi connectivity index (χ2n) is 4.58. The van der Waals surface area contributed by atoms with Crippen LogP contribution in [0.3, 0.4) is 0 Å². The molecule has 0 fully saturated rings. The Balaban J connectivity index is 2.04. The van der Waals surface area contributed by atoms with Gasteiger partial charge in [-0.15, -0.1) is 10.2 Å². The third-order valence-electron chi connectivity index (χ3n) is 3.38. The Kier molecular flexibility index (Phi) is 2.53. The van der Waals surface area contributed by atoms with E-state index in [-0.39, 0.29) is 0 Å². The van der Waals surface area contributed by atoms with E-state index >= 15 is 0 Å². The van der Waals surface area contributed by atoms with E-state index in [1.54, 1.807) is 24.1 Å². The number of ether oxygens (including phenoxy) is 1. The molecule has 0 aliphatic carbocycles. The topological polar surface area (TPSA) is 65.2 Å². The fourth-order valence-electron chi connectivity index (χ4n) is 2.36. The summed E-state index contributed by atoms with van der Waals surface area (Å²) in [4.78, 5) is 4.41. The lowest BCUT2D eigenvalue weighted by Crippen LogP contribution is -1.97. The van der Waals surface area contributed by atoms with Crippen molar-refractivity contribution in [2.45, 2.75) is 0 Å². The van der Waals surface area contributed by atoms with Gasteiger partial charge >= 0.3 is 0 Å². The van der Waals surface area contributed by atoms with Gasteiger partial charge in [-0.05, 0) is 36.4 Å². The molecule has 1 aromatic carbocycles. The van der Waals surface area contributed by atoms with Crippen molar-refractivity contribution in [3.8, 4) is 17.0 Å². The number of nitrogens with zero attached hydrogens (tertiary/aromatic N) is 5. The summed E-state index contributed by atoms with van der Waals surface area (Å²) in [5.41, 5.74) is 3.27. The summed E-state index contributed by atoms with van der Waals surface area (Å²) in [6.45, 7) is 0. The quantitative estimate of drug-likeness (QED) is 0.562. The molecule has 0 unspecified atom stereocenters. The lowest BCUT2D eigenvalue weighted by atomic mass is 10.1. The smallest absolute Gasteiger partial charge is 0.203 e. The Morgan fingerprint density at radius 3 is 2.76 bits per heavy atom. The summed E-state index contributed by atoms with van der Waals surface area (Å²) in [5, 5.41) is 13.5. The van der Waals surface area contributed by atoms with Gasteiger partial charge in [0.2, 0.25) is 5.65 Å². The largest absolute Gasteiger partial charge is 0.497 e. The highest BCUT2D eigenvalue weighted by Crippen LogP contribution is 2.28. The maximum atomic E-state index is 5.19. The molecule has 6 heteroatoms. The third kappa shape index (κ3) is 1.80. The van der Waals surface area contributed by atoms with E-state index in [0.29, 0.717) is 5.65 Å². The number of rotatable bonds is 2. The van der Waals surface area contributed by atoms with E-state index in [2.05, 4.69) is 20.3 Å². The van der Waals surface area contributed by atoms with Crippen molar-refractivity contribution in [1.82, 2.24) is 24.8 Å². The minimum Gasteiger partial charge on any atom is -0.497 e. The molecule has 3 aromatic heterocycles. The zero-order valence-electron chi connectivity index (χ0n) is 11.3. The number of hydrogen-bond acceptors (Lipinski definition) is 5. The highest BCUT2D eigenvalue weighted by molar-refractivity contribution is 5.98. The van der Waals surface area contributed by atoms with E-state index in [9.17, 15) is 0 Å². The predicted molar refractivity (Wildman–Crippen MR) is 78.1 cm³/mol. The first kappa shape index (κ1) is 11.8. The van der Waals surface area contributed by atoms with Gasteiger partial charge in [0.1, 0.15) is 23.3 Å². The van der Waals surface area contributed by atoms with E-state index in [1.165, 1.54) is 0 Å². The van der Waals surface area contributed by atoms with Gasteiger partial charge in [0.25, 0.3) is 0 Å². The minimum atomic E-state index is 0.655. The van der Waals surface area contributed by atoms with Crippen LogP contribution in [0.15, 0.2) is 48.9 Å². The van der Waals surface area contributed by atoms with Crippen LogP contribution in [0.1, 0.15) is 0 Å². The average molecular weight is 277 g/mol. The van der Waals surface area contributed by atoms with Crippen molar-refractivity contribution in [1.29, 1.82) is 0 Å². The molecule has 3 heterocycles. The lowest BCUT2D eigenvalue weighted by Gasteiger charge is -2.07. The first-order valence-corrected chi connectivity index (χ1v) is 6.46. The van der Waals surface area contributed by atoms with Crippen LogP contribution >= 0.6 is 0 Å². The Morgan fingerprint density at radius 1 is 1.10 bits per heavy atom. The molecule has 21 heavy (non-hydrogen) atoms. The zero-order valence-corrected chi connectivity index (χ0v) is 11.3. The van der Waals surface area contributed by atoms with Gasteiger partial charge in [-0.2, -0.15) is 9.61 Å². The molecule has 6 nitrogen and oxygen atoms in total. The number of fused-ring (bicyclic) bond motifs is 3. The molecule has 0 bridgehead atoms. The summed E-state index contributed by atoms with van der Waals surface area (Å²) in [6.07, 6.45) is 3.32. The summed E-state index contributed by atoms with van der Waals surface area (Å²) in [5.74, 6) is 0.812. The minimum absolute atomic E-state index is 0.655. The predicted octanol–water partition coefficient (Wildman–Crippen LogP) is 2.35. The van der Waals surface area contributed by atoms with Crippen molar-refractivity contribution in [2.75, 3.05) is 7.11 Å². The molecule has 0 aliphatic rings. The molecular weight excluding hydrogens is 266 g/mol. The van der Waals surface area contributed by atoms with Gasteiger partial charge in [-0.3, -0.25) is 4.98 Å². The van der Waals surface area contributed by atoms with Gasteiger partial charge in [0, 0.05) is 17.1 Å². The van der Waals surface area contributed by atoms with E-state index in [0.717, 1.165) is 27.9 Å². The molecule has 0 spiro atoms. The van der Waals surface area contributed by atoms with Crippen LogP contribution < -0.4 is 4.74 Å². The number of benzene rings is 1. The molecule has 0 amide bonds. The second kappa shape index (κ2) is 4.52. The number of pyridine rings is 1. The fourth-order valence-corrected chi connectivity index (χ4v) is 2.36. The molecule has 4 aromatic rings. The van der Waals surface area contributed by atoms with Crippen LogP contribution in [0.2, 0.25) is 0 Å².